The van der Waals surface area contributed by atoms with Crippen LogP contribution in [0, 0.1) is 17.6 Å². The van der Waals surface area contributed by atoms with Crippen LogP contribution in [0.3, 0.4) is 0 Å². The van der Waals surface area contributed by atoms with Crippen molar-refractivity contribution in [2.24, 2.45) is 5.92 Å². The molecule has 0 spiro atoms. The lowest BCUT2D eigenvalue weighted by molar-refractivity contribution is -0.107. The van der Waals surface area contributed by atoms with E-state index in [1.807, 2.05) is 16.7 Å². The summed E-state index contributed by atoms with van der Waals surface area (Å²) in [6, 6.07) is 11.2. The monoisotopic (exact) mass is 454 g/mol. The summed E-state index contributed by atoms with van der Waals surface area (Å²) in [5.41, 5.74) is 3.29. The lowest BCUT2D eigenvalue weighted by Crippen LogP contribution is -2.27. The molecule has 5 rings (SSSR count). The van der Waals surface area contributed by atoms with Crippen molar-refractivity contribution in [1.29, 1.82) is 0 Å². The van der Waals surface area contributed by atoms with E-state index in [2.05, 4.69) is 4.98 Å². The molecule has 0 aliphatic carbocycles. The van der Waals surface area contributed by atoms with E-state index in [0.29, 0.717) is 35.2 Å². The number of carbonyl (C=O) groups is 1. The maximum absolute atomic E-state index is 15.1. The number of pyridine rings is 1. The highest BCUT2D eigenvalue weighted by molar-refractivity contribution is 6.31. The summed E-state index contributed by atoms with van der Waals surface area (Å²) < 4.78 is 37.2. The number of benzene rings is 2. The fourth-order valence-electron chi connectivity index (χ4n) is 4.80. The third-order valence-corrected chi connectivity index (χ3v) is 6.56. The predicted octanol–water partition coefficient (Wildman–Crippen LogP) is 5.88. The van der Waals surface area contributed by atoms with Crippen molar-refractivity contribution in [3.05, 3.63) is 76.4 Å². The molecule has 2 aromatic carbocycles. The number of hydrogen-bond donors (Lipinski definition) is 0. The molecule has 2 aromatic heterocycles. The molecule has 0 radical (unpaired) electrons. The van der Waals surface area contributed by atoms with Crippen molar-refractivity contribution in [3.8, 4) is 0 Å². The van der Waals surface area contributed by atoms with Crippen molar-refractivity contribution in [1.82, 2.24) is 9.55 Å². The Bertz CT molecular complexity index is 1310. The summed E-state index contributed by atoms with van der Waals surface area (Å²) in [5, 5.41) is 0.599. The Morgan fingerprint density at radius 2 is 1.91 bits per heavy atom. The molecule has 4 aromatic rings. The molecular formula is C25H21ClF2N2O2. The Balaban J connectivity index is 1.86. The van der Waals surface area contributed by atoms with E-state index >= 15 is 4.39 Å². The van der Waals surface area contributed by atoms with E-state index in [9.17, 15) is 9.18 Å². The maximum atomic E-state index is 15.1. The highest BCUT2D eigenvalue weighted by atomic mass is 35.5. The molecule has 0 saturated carbocycles. The van der Waals surface area contributed by atoms with Gasteiger partial charge >= 0.3 is 0 Å². The van der Waals surface area contributed by atoms with Gasteiger partial charge in [0, 0.05) is 36.8 Å². The van der Waals surface area contributed by atoms with Gasteiger partial charge in [-0.25, -0.2) is 8.78 Å². The number of halogens is 3. The number of aldehydes is 1. The average Bonchev–Trinajstić information content (AvgIpc) is 3.09. The fraction of sp³-hybridized carbons (Fsp3) is 0.280. The number of ether oxygens (including phenoxy) is 1. The molecule has 1 atom stereocenters. The van der Waals surface area contributed by atoms with Gasteiger partial charge < -0.3 is 14.1 Å². The van der Waals surface area contributed by atoms with Gasteiger partial charge in [-0.15, -0.1) is 0 Å². The van der Waals surface area contributed by atoms with Crippen LogP contribution in [0.4, 0.5) is 8.78 Å². The number of aromatic nitrogens is 2. The van der Waals surface area contributed by atoms with Crippen LogP contribution in [0.15, 0.2) is 48.7 Å². The summed E-state index contributed by atoms with van der Waals surface area (Å²) in [6.45, 7) is 1.19. The van der Waals surface area contributed by atoms with Crippen LogP contribution in [-0.2, 0) is 16.0 Å². The first-order chi connectivity index (χ1) is 15.6. The summed E-state index contributed by atoms with van der Waals surface area (Å²) >= 11 is 6.19. The molecule has 3 heterocycles. The highest BCUT2D eigenvalue weighted by Gasteiger charge is 2.32. The minimum Gasteiger partial charge on any atom is -0.381 e. The lowest BCUT2D eigenvalue weighted by atomic mass is 9.86. The SMILES string of the molecule is O=CCc1cnc2c3cc(F)c(Cl)cc3n(C(c3ccccc3F)C3CCOCC3)c2c1. The molecule has 0 bridgehead atoms. The number of carbonyl (C=O) groups excluding carboxylic acids is 1. The Morgan fingerprint density at radius 1 is 1.12 bits per heavy atom. The van der Waals surface area contributed by atoms with Crippen LogP contribution in [0.2, 0.25) is 5.02 Å². The number of fused-ring (bicyclic) bond motifs is 3. The summed E-state index contributed by atoms with van der Waals surface area (Å²) in [5.74, 6) is -0.743. The second kappa shape index (κ2) is 8.60. The van der Waals surface area contributed by atoms with Crippen LogP contribution < -0.4 is 0 Å². The highest BCUT2D eigenvalue weighted by Crippen LogP contribution is 2.42. The average molecular weight is 455 g/mol. The minimum absolute atomic E-state index is 0.00562. The van der Waals surface area contributed by atoms with Gasteiger partial charge in [0.1, 0.15) is 17.9 Å². The normalized spacial score (nSPS) is 16.0. The topological polar surface area (TPSA) is 44.1 Å². The standard InChI is InChI=1S/C25H21ClF2N2O2/c26-19-13-22-18(12-21(19)28)24-23(11-15(5-8-31)14-29-24)30(22)25(16-6-9-32-10-7-16)17-3-1-2-4-20(17)27/h1-4,8,11-14,16,25H,5-7,9-10H2. The van der Waals surface area contributed by atoms with Gasteiger partial charge in [0.25, 0.3) is 0 Å². The summed E-state index contributed by atoms with van der Waals surface area (Å²) in [6.07, 6.45) is 4.17. The van der Waals surface area contributed by atoms with E-state index in [1.165, 1.54) is 12.1 Å². The molecule has 1 unspecified atom stereocenters. The zero-order valence-electron chi connectivity index (χ0n) is 17.2. The van der Waals surface area contributed by atoms with Crippen molar-refractivity contribution in [2.75, 3.05) is 13.2 Å². The van der Waals surface area contributed by atoms with Crippen LogP contribution in [0.25, 0.3) is 21.9 Å². The number of rotatable bonds is 5. The molecule has 1 saturated heterocycles. The van der Waals surface area contributed by atoms with Crippen molar-refractivity contribution in [3.63, 3.8) is 0 Å². The van der Waals surface area contributed by atoms with E-state index in [1.54, 1.807) is 24.4 Å². The number of nitrogens with zero attached hydrogens (tertiary/aromatic N) is 2. The van der Waals surface area contributed by atoms with E-state index < -0.39 is 5.82 Å². The van der Waals surface area contributed by atoms with Gasteiger partial charge in [0.05, 0.1) is 27.6 Å². The third-order valence-electron chi connectivity index (χ3n) is 6.27. The van der Waals surface area contributed by atoms with Gasteiger partial charge in [-0.2, -0.15) is 0 Å². The first-order valence-corrected chi connectivity index (χ1v) is 11.0. The molecule has 0 amide bonds. The van der Waals surface area contributed by atoms with Gasteiger partial charge in [-0.3, -0.25) is 4.98 Å². The molecule has 164 valence electrons. The lowest BCUT2D eigenvalue weighted by Gasteiger charge is -2.33. The second-order valence-corrected chi connectivity index (χ2v) is 8.56. The Kier molecular flexibility index (Phi) is 5.66. The molecule has 7 heteroatoms. The van der Waals surface area contributed by atoms with Gasteiger partial charge in [-0.1, -0.05) is 29.8 Å². The summed E-state index contributed by atoms with van der Waals surface area (Å²) in [7, 11) is 0. The first kappa shape index (κ1) is 21.0. The molecular weight excluding hydrogens is 434 g/mol. The van der Waals surface area contributed by atoms with Crippen molar-refractivity contribution < 1.29 is 18.3 Å². The molecule has 1 fully saturated rings. The van der Waals surface area contributed by atoms with E-state index in [-0.39, 0.29) is 29.2 Å². The van der Waals surface area contributed by atoms with Crippen LogP contribution in [0.5, 0.6) is 0 Å². The molecule has 1 aliphatic rings. The Hall–Kier alpha value is -2.83. The van der Waals surface area contributed by atoms with Crippen molar-refractivity contribution >= 4 is 39.8 Å². The van der Waals surface area contributed by atoms with Gasteiger partial charge in [0.15, 0.2) is 0 Å². The second-order valence-electron chi connectivity index (χ2n) is 8.15. The molecule has 4 nitrogen and oxygen atoms in total. The third kappa shape index (κ3) is 3.57. The molecule has 32 heavy (non-hydrogen) atoms. The van der Waals surface area contributed by atoms with Crippen molar-refractivity contribution in [2.45, 2.75) is 25.3 Å². The largest absolute Gasteiger partial charge is 0.381 e. The Morgan fingerprint density at radius 3 is 2.66 bits per heavy atom. The zero-order valence-corrected chi connectivity index (χ0v) is 18.0. The van der Waals surface area contributed by atoms with Crippen LogP contribution >= 0.6 is 11.6 Å². The zero-order chi connectivity index (χ0) is 22.2. The first-order valence-electron chi connectivity index (χ1n) is 10.6. The Labute approximate surface area is 188 Å². The van der Waals surface area contributed by atoms with Gasteiger partial charge in [0.2, 0.25) is 0 Å². The van der Waals surface area contributed by atoms with E-state index in [0.717, 1.165) is 30.2 Å². The maximum Gasteiger partial charge on any atom is 0.142 e. The van der Waals surface area contributed by atoms with Crippen LogP contribution in [-0.4, -0.2) is 29.1 Å². The van der Waals surface area contributed by atoms with E-state index in [4.69, 9.17) is 16.3 Å². The van der Waals surface area contributed by atoms with Crippen LogP contribution in [0.1, 0.15) is 30.0 Å². The quantitative estimate of drug-likeness (QED) is 0.354. The molecule has 0 N–H and O–H groups in total. The number of hydrogen-bond acceptors (Lipinski definition) is 3. The minimum atomic E-state index is -0.537. The smallest absolute Gasteiger partial charge is 0.142 e. The predicted molar refractivity (Wildman–Crippen MR) is 120 cm³/mol. The molecule has 1 aliphatic heterocycles. The van der Waals surface area contributed by atoms with Gasteiger partial charge in [-0.05, 0) is 48.6 Å². The fourth-order valence-corrected chi connectivity index (χ4v) is 4.96. The summed E-state index contributed by atoms with van der Waals surface area (Å²) in [4.78, 5) is 15.7.